The van der Waals surface area contributed by atoms with Gasteiger partial charge in [-0.25, -0.2) is 5.43 Å². The highest BCUT2D eigenvalue weighted by Gasteiger charge is 2.07. The van der Waals surface area contributed by atoms with Gasteiger partial charge in [0.15, 0.2) is 0 Å². The number of hydrogen-bond acceptors (Lipinski definition) is 3. The van der Waals surface area contributed by atoms with Gasteiger partial charge in [-0.15, -0.1) is 11.6 Å². The van der Waals surface area contributed by atoms with Gasteiger partial charge in [-0.05, 0) is 49.5 Å². The fraction of sp³-hybridized carbons (Fsp3) is 0.556. The number of alkyl halides is 1. The van der Waals surface area contributed by atoms with E-state index < -0.39 is 0 Å². The van der Waals surface area contributed by atoms with Crippen molar-refractivity contribution in [2.24, 2.45) is 0 Å². The lowest BCUT2D eigenvalue weighted by Crippen LogP contribution is -2.28. The van der Waals surface area contributed by atoms with Crippen molar-refractivity contribution >= 4 is 11.6 Å². The average molecular weight is 327 g/mol. The normalized spacial score (nSPS) is 14.8. The summed E-state index contributed by atoms with van der Waals surface area (Å²) in [4.78, 5) is 0. The number of ether oxygens (including phenoxy) is 1. The summed E-state index contributed by atoms with van der Waals surface area (Å²) in [5.41, 5.74) is 10.7. The van der Waals surface area contributed by atoms with Gasteiger partial charge in [-0.3, -0.25) is 0 Å². The highest BCUT2D eigenvalue weighted by Crippen LogP contribution is 2.19. The maximum absolute atomic E-state index is 6.10. The van der Waals surface area contributed by atoms with Gasteiger partial charge < -0.3 is 10.2 Å². The molecule has 0 heterocycles. The third-order valence-corrected chi connectivity index (χ3v) is 3.64. The molecule has 0 unspecified atom stereocenters. The maximum Gasteiger partial charge on any atom is 0.121 e. The van der Waals surface area contributed by atoms with E-state index in [4.69, 9.17) is 16.3 Å². The third-order valence-electron chi connectivity index (χ3n) is 3.31. The van der Waals surface area contributed by atoms with Gasteiger partial charge in [0.2, 0.25) is 0 Å². The molecule has 126 valence electrons. The van der Waals surface area contributed by atoms with Gasteiger partial charge in [-0.1, -0.05) is 32.4 Å². The van der Waals surface area contributed by atoms with E-state index in [1.54, 1.807) is 7.11 Å². The van der Waals surface area contributed by atoms with Crippen molar-refractivity contribution in [3.05, 3.63) is 46.4 Å². The highest BCUT2D eigenvalue weighted by atomic mass is 35.5. The number of halogens is 1. The smallest absolute Gasteiger partial charge is 0.121 e. The molecule has 3 nitrogen and oxygen atoms in total. The van der Waals surface area contributed by atoms with Crippen LogP contribution in [0.15, 0.2) is 46.4 Å². The molecule has 0 atom stereocenters. The number of hydrazine groups is 1. The lowest BCUT2D eigenvalue weighted by atomic mass is 10.0. The zero-order valence-electron chi connectivity index (χ0n) is 14.8. The number of hydrogen-bond donors (Lipinski definition) is 2. The first-order valence-corrected chi connectivity index (χ1v) is 8.39. The second kappa shape index (κ2) is 12.4. The van der Waals surface area contributed by atoms with E-state index in [1.807, 2.05) is 13.1 Å². The summed E-state index contributed by atoms with van der Waals surface area (Å²) in [5.74, 6) is 1.41. The maximum atomic E-state index is 6.10. The lowest BCUT2D eigenvalue weighted by molar-refractivity contribution is 0.300. The molecule has 4 heteroatoms. The van der Waals surface area contributed by atoms with Crippen LogP contribution in [-0.4, -0.2) is 20.0 Å². The van der Waals surface area contributed by atoms with Crippen LogP contribution in [0.4, 0.5) is 0 Å². The van der Waals surface area contributed by atoms with Crippen LogP contribution in [0.25, 0.3) is 0 Å². The van der Waals surface area contributed by atoms with Gasteiger partial charge in [-0.2, -0.15) is 0 Å². The first-order valence-electron chi connectivity index (χ1n) is 7.86. The largest absolute Gasteiger partial charge is 0.497 e. The van der Waals surface area contributed by atoms with Crippen molar-refractivity contribution in [2.75, 3.05) is 20.0 Å². The molecule has 0 aliphatic rings. The van der Waals surface area contributed by atoms with E-state index in [0.29, 0.717) is 5.88 Å². The Labute approximate surface area is 141 Å². The second-order valence-electron chi connectivity index (χ2n) is 5.12. The third kappa shape index (κ3) is 7.19. The summed E-state index contributed by atoms with van der Waals surface area (Å²) >= 11 is 6.10. The SMILES string of the molecule is CC/C=C(C)/C(=C\C=C(C)\C(NNC)=C(/CCl)CCC)OC. The predicted molar refractivity (Wildman–Crippen MR) is 97.7 cm³/mol. The molecule has 0 radical (unpaired) electrons. The molecule has 0 saturated carbocycles. The Hall–Kier alpha value is -1.19. The van der Waals surface area contributed by atoms with E-state index in [-0.39, 0.29) is 0 Å². The van der Waals surface area contributed by atoms with Gasteiger partial charge in [0.25, 0.3) is 0 Å². The Bertz CT molecular complexity index is 448. The van der Waals surface area contributed by atoms with Crippen molar-refractivity contribution in [3.63, 3.8) is 0 Å². The molecule has 0 saturated heterocycles. The van der Waals surface area contributed by atoms with E-state index in [9.17, 15) is 0 Å². The minimum absolute atomic E-state index is 0.526. The predicted octanol–water partition coefficient (Wildman–Crippen LogP) is 4.84. The van der Waals surface area contributed by atoms with Crippen molar-refractivity contribution in [2.45, 2.75) is 47.0 Å². The molecular weight excluding hydrogens is 296 g/mol. The molecular formula is C18H31ClN2O. The second-order valence-corrected chi connectivity index (χ2v) is 5.38. The first-order chi connectivity index (χ1) is 10.5. The Balaban J connectivity index is 5.54. The average Bonchev–Trinajstić information content (AvgIpc) is 2.51. The van der Waals surface area contributed by atoms with Gasteiger partial charge in [0.05, 0.1) is 12.8 Å². The van der Waals surface area contributed by atoms with E-state index in [2.05, 4.69) is 50.7 Å². The molecule has 0 spiro atoms. The Kier molecular flexibility index (Phi) is 11.7. The molecule has 0 aliphatic carbocycles. The van der Waals surface area contributed by atoms with Crippen LogP contribution in [0, 0.1) is 0 Å². The van der Waals surface area contributed by atoms with E-state index in [0.717, 1.165) is 41.9 Å². The van der Waals surface area contributed by atoms with Crippen molar-refractivity contribution in [1.29, 1.82) is 0 Å². The molecule has 0 bridgehead atoms. The van der Waals surface area contributed by atoms with E-state index in [1.165, 1.54) is 5.57 Å². The first kappa shape index (κ1) is 20.8. The summed E-state index contributed by atoms with van der Waals surface area (Å²) in [5, 5.41) is 0. The van der Waals surface area contributed by atoms with Crippen LogP contribution >= 0.6 is 11.6 Å². The monoisotopic (exact) mass is 326 g/mol. The summed E-state index contributed by atoms with van der Waals surface area (Å²) in [6.45, 7) is 8.41. The summed E-state index contributed by atoms with van der Waals surface area (Å²) in [6.07, 6.45) is 9.27. The molecule has 0 amide bonds. The lowest BCUT2D eigenvalue weighted by Gasteiger charge is -2.16. The summed E-state index contributed by atoms with van der Waals surface area (Å²) in [6, 6.07) is 0. The quantitative estimate of drug-likeness (QED) is 0.261. The van der Waals surface area contributed by atoms with Crippen molar-refractivity contribution < 1.29 is 4.74 Å². The standard InChI is InChI=1S/C18H31ClN2O/c1-7-9-14(3)17(22-6)12-11-15(4)18(21-20-5)16(13-19)10-8-2/h9,11-12,20-21H,7-8,10,13H2,1-6H3/b14-9+,15-11+,17-12+,18-16+. The molecule has 2 N–H and O–H groups in total. The van der Waals surface area contributed by atoms with Crippen LogP contribution in [0.2, 0.25) is 0 Å². The molecule has 0 aliphatic heterocycles. The zero-order chi connectivity index (χ0) is 17.0. The van der Waals surface area contributed by atoms with Crippen molar-refractivity contribution in [3.8, 4) is 0 Å². The molecule has 0 aromatic heterocycles. The molecule has 0 aromatic carbocycles. The number of methoxy groups -OCH3 is 1. The van der Waals surface area contributed by atoms with Crippen LogP contribution in [0.3, 0.4) is 0 Å². The van der Waals surface area contributed by atoms with Crippen LogP contribution < -0.4 is 10.9 Å². The molecule has 0 fully saturated rings. The number of nitrogens with one attached hydrogen (secondary N) is 2. The van der Waals surface area contributed by atoms with Gasteiger partial charge in [0, 0.05) is 12.9 Å². The van der Waals surface area contributed by atoms with Crippen LogP contribution in [0.1, 0.15) is 47.0 Å². The topological polar surface area (TPSA) is 33.3 Å². The minimum Gasteiger partial charge on any atom is -0.497 e. The molecule has 0 aromatic rings. The Morgan fingerprint density at radius 3 is 2.27 bits per heavy atom. The van der Waals surface area contributed by atoms with Crippen LogP contribution in [-0.2, 0) is 4.74 Å². The summed E-state index contributed by atoms with van der Waals surface area (Å²) < 4.78 is 5.46. The minimum atomic E-state index is 0.526. The highest BCUT2D eigenvalue weighted by molar-refractivity contribution is 6.19. The summed E-state index contributed by atoms with van der Waals surface area (Å²) in [7, 11) is 3.56. The van der Waals surface area contributed by atoms with E-state index >= 15 is 0 Å². The van der Waals surface area contributed by atoms with Crippen LogP contribution in [0.5, 0.6) is 0 Å². The zero-order valence-corrected chi connectivity index (χ0v) is 15.6. The number of allylic oxidation sites excluding steroid dienone is 6. The van der Waals surface area contributed by atoms with Gasteiger partial charge >= 0.3 is 0 Å². The molecule has 22 heavy (non-hydrogen) atoms. The van der Waals surface area contributed by atoms with Gasteiger partial charge in [0.1, 0.15) is 5.76 Å². The molecule has 0 rings (SSSR count). The Morgan fingerprint density at radius 2 is 1.82 bits per heavy atom. The fourth-order valence-electron chi connectivity index (χ4n) is 2.20. The Morgan fingerprint density at radius 1 is 1.14 bits per heavy atom. The fourth-order valence-corrected chi connectivity index (χ4v) is 2.47. The van der Waals surface area contributed by atoms with Crippen molar-refractivity contribution in [1.82, 2.24) is 10.9 Å². The number of rotatable bonds is 10.